The highest BCUT2D eigenvalue weighted by atomic mass is 19.1. The van der Waals surface area contributed by atoms with Gasteiger partial charge in [-0.1, -0.05) is 0 Å². The molecule has 5 nitrogen and oxygen atoms in total. The van der Waals surface area contributed by atoms with E-state index in [9.17, 15) is 9.30 Å². The molecule has 0 aromatic heterocycles. The first-order chi connectivity index (χ1) is 8.24. The maximum Gasteiger partial charge on any atom is 0.152 e. The third-order valence-corrected chi connectivity index (χ3v) is 2.58. The molecule has 0 N–H and O–H groups in total. The molecule has 0 bridgehead atoms. The second-order valence-electron chi connectivity index (χ2n) is 3.67. The fraction of sp³-hybridized carbons (Fsp3) is 0.455. The number of methoxy groups -OCH3 is 1. The molecule has 0 amide bonds. The monoisotopic (exact) mass is 241 g/mol. The number of rotatable bonds is 4. The number of hydrogen-bond acceptors (Lipinski definition) is 5. The van der Waals surface area contributed by atoms with Gasteiger partial charge in [-0.15, -0.1) is 4.91 Å². The summed E-state index contributed by atoms with van der Waals surface area (Å²) in [6.45, 7) is 0.758. The number of hydrogen-bond donors (Lipinski definition) is 0. The van der Waals surface area contributed by atoms with Gasteiger partial charge in [0, 0.05) is 13.2 Å². The zero-order valence-electron chi connectivity index (χ0n) is 9.26. The standard InChI is InChI=1S/C11H12FNO4/c1-15-10-5-16-6-11(10)17-9-4-7(12)2-3-8(9)13-14/h2-4,10-11H,5-6H2,1H3/t10-,11+/m0/s1. The van der Waals surface area contributed by atoms with E-state index >= 15 is 0 Å². The molecule has 2 rings (SSSR count). The van der Waals surface area contributed by atoms with Crippen LogP contribution in [0.4, 0.5) is 10.1 Å². The Kier molecular flexibility index (Phi) is 3.65. The Morgan fingerprint density at radius 3 is 2.88 bits per heavy atom. The van der Waals surface area contributed by atoms with Crippen molar-refractivity contribution >= 4 is 5.69 Å². The molecule has 92 valence electrons. The van der Waals surface area contributed by atoms with E-state index in [1.807, 2.05) is 0 Å². The Bertz CT molecular complexity index is 412. The van der Waals surface area contributed by atoms with Gasteiger partial charge in [-0.05, 0) is 17.3 Å². The zero-order valence-corrected chi connectivity index (χ0v) is 9.26. The van der Waals surface area contributed by atoms with Crippen LogP contribution in [0.1, 0.15) is 0 Å². The topological polar surface area (TPSA) is 57.1 Å². The highest BCUT2D eigenvalue weighted by Crippen LogP contribution is 2.30. The van der Waals surface area contributed by atoms with E-state index in [2.05, 4.69) is 5.18 Å². The van der Waals surface area contributed by atoms with Crippen LogP contribution in [0.15, 0.2) is 23.4 Å². The molecule has 17 heavy (non-hydrogen) atoms. The van der Waals surface area contributed by atoms with Gasteiger partial charge >= 0.3 is 0 Å². The van der Waals surface area contributed by atoms with Gasteiger partial charge in [0.15, 0.2) is 11.9 Å². The quantitative estimate of drug-likeness (QED) is 0.757. The molecule has 1 heterocycles. The van der Waals surface area contributed by atoms with Crippen LogP contribution < -0.4 is 4.74 Å². The molecule has 0 radical (unpaired) electrons. The average Bonchev–Trinajstić information content (AvgIpc) is 2.77. The SMILES string of the molecule is CO[C@H]1COC[C@H]1Oc1cc(F)ccc1N=O. The molecule has 1 aliphatic rings. The van der Waals surface area contributed by atoms with Crippen molar-refractivity contribution < 1.29 is 18.6 Å². The van der Waals surface area contributed by atoms with Crippen molar-refractivity contribution in [2.24, 2.45) is 5.18 Å². The van der Waals surface area contributed by atoms with Crippen molar-refractivity contribution in [3.05, 3.63) is 28.9 Å². The van der Waals surface area contributed by atoms with Crippen LogP contribution >= 0.6 is 0 Å². The van der Waals surface area contributed by atoms with Gasteiger partial charge in [0.25, 0.3) is 0 Å². The lowest BCUT2D eigenvalue weighted by atomic mass is 10.2. The fourth-order valence-electron chi connectivity index (χ4n) is 1.67. The molecule has 1 aliphatic heterocycles. The zero-order chi connectivity index (χ0) is 12.3. The number of halogens is 1. The summed E-state index contributed by atoms with van der Waals surface area (Å²) >= 11 is 0. The van der Waals surface area contributed by atoms with E-state index in [1.54, 1.807) is 7.11 Å². The number of benzene rings is 1. The molecule has 1 saturated heterocycles. The summed E-state index contributed by atoms with van der Waals surface area (Å²) in [6, 6.07) is 3.56. The Labute approximate surface area is 97.5 Å². The molecule has 0 unspecified atom stereocenters. The minimum atomic E-state index is -0.486. The van der Waals surface area contributed by atoms with Crippen LogP contribution in [0, 0.1) is 10.7 Å². The summed E-state index contributed by atoms with van der Waals surface area (Å²) in [4.78, 5) is 10.5. The Morgan fingerprint density at radius 1 is 1.41 bits per heavy atom. The van der Waals surface area contributed by atoms with Gasteiger partial charge in [-0.2, -0.15) is 0 Å². The van der Waals surface area contributed by atoms with Crippen molar-refractivity contribution in [1.82, 2.24) is 0 Å². The van der Waals surface area contributed by atoms with Crippen molar-refractivity contribution in [1.29, 1.82) is 0 Å². The first-order valence-electron chi connectivity index (χ1n) is 5.14. The summed E-state index contributed by atoms with van der Waals surface area (Å²) in [5.41, 5.74) is 0.0631. The van der Waals surface area contributed by atoms with E-state index < -0.39 is 5.82 Å². The largest absolute Gasteiger partial charge is 0.483 e. The lowest BCUT2D eigenvalue weighted by molar-refractivity contribution is 0.0327. The van der Waals surface area contributed by atoms with Crippen LogP contribution in [0.25, 0.3) is 0 Å². The van der Waals surface area contributed by atoms with Crippen molar-refractivity contribution in [3.8, 4) is 5.75 Å². The smallest absolute Gasteiger partial charge is 0.152 e. The van der Waals surface area contributed by atoms with E-state index in [0.717, 1.165) is 12.1 Å². The lowest BCUT2D eigenvalue weighted by Gasteiger charge is -2.18. The third-order valence-electron chi connectivity index (χ3n) is 2.58. The fourth-order valence-corrected chi connectivity index (χ4v) is 1.67. The molecule has 1 fully saturated rings. The van der Waals surface area contributed by atoms with E-state index in [-0.39, 0.29) is 23.6 Å². The number of nitroso groups, excluding NO2 is 1. The van der Waals surface area contributed by atoms with Crippen LogP contribution in [0.5, 0.6) is 5.75 Å². The average molecular weight is 241 g/mol. The van der Waals surface area contributed by atoms with E-state index in [1.165, 1.54) is 6.07 Å². The van der Waals surface area contributed by atoms with Crippen molar-refractivity contribution in [3.63, 3.8) is 0 Å². The maximum atomic E-state index is 13.1. The molecule has 1 aromatic carbocycles. The van der Waals surface area contributed by atoms with E-state index in [4.69, 9.17) is 14.2 Å². The van der Waals surface area contributed by atoms with Crippen LogP contribution in [0.2, 0.25) is 0 Å². The van der Waals surface area contributed by atoms with Gasteiger partial charge in [0.05, 0.1) is 13.2 Å². The Balaban J connectivity index is 2.17. The maximum absolute atomic E-state index is 13.1. The number of ether oxygens (including phenoxy) is 3. The van der Waals surface area contributed by atoms with Crippen LogP contribution in [-0.2, 0) is 9.47 Å². The second-order valence-corrected chi connectivity index (χ2v) is 3.67. The highest BCUT2D eigenvalue weighted by molar-refractivity contribution is 5.51. The molecule has 0 saturated carbocycles. The first kappa shape index (κ1) is 11.9. The molecule has 0 aliphatic carbocycles. The Hall–Kier alpha value is -1.53. The van der Waals surface area contributed by atoms with Crippen LogP contribution in [0.3, 0.4) is 0 Å². The van der Waals surface area contributed by atoms with Gasteiger partial charge in [0.1, 0.15) is 17.6 Å². The lowest BCUT2D eigenvalue weighted by Crippen LogP contribution is -2.31. The summed E-state index contributed by atoms with van der Waals surface area (Å²) in [6.07, 6.45) is -0.583. The molecule has 2 atom stereocenters. The second kappa shape index (κ2) is 5.20. The van der Waals surface area contributed by atoms with Crippen molar-refractivity contribution in [2.45, 2.75) is 12.2 Å². The summed E-state index contributed by atoms with van der Waals surface area (Å²) in [5, 5.41) is 2.78. The number of nitrogens with zero attached hydrogens (tertiary/aromatic N) is 1. The van der Waals surface area contributed by atoms with Gasteiger partial charge < -0.3 is 14.2 Å². The molecule has 6 heteroatoms. The third kappa shape index (κ3) is 2.59. The van der Waals surface area contributed by atoms with E-state index in [0.29, 0.717) is 13.2 Å². The molecular formula is C11H12FNO4. The van der Waals surface area contributed by atoms with Gasteiger partial charge in [0.2, 0.25) is 0 Å². The normalized spacial score (nSPS) is 23.6. The minimum Gasteiger partial charge on any atom is -0.483 e. The highest BCUT2D eigenvalue weighted by Gasteiger charge is 2.30. The summed E-state index contributed by atoms with van der Waals surface area (Å²) < 4.78 is 28.9. The minimum absolute atomic E-state index is 0.0631. The molecule has 0 spiro atoms. The molecule has 1 aromatic rings. The summed E-state index contributed by atoms with van der Waals surface area (Å²) in [7, 11) is 1.54. The first-order valence-corrected chi connectivity index (χ1v) is 5.14. The van der Waals surface area contributed by atoms with Gasteiger partial charge in [-0.3, -0.25) is 0 Å². The van der Waals surface area contributed by atoms with Crippen LogP contribution in [-0.4, -0.2) is 32.5 Å². The summed E-state index contributed by atoms with van der Waals surface area (Å²) in [5.74, 6) is -0.377. The van der Waals surface area contributed by atoms with Gasteiger partial charge in [-0.25, -0.2) is 4.39 Å². The molecular weight excluding hydrogens is 229 g/mol. The Morgan fingerprint density at radius 2 is 2.18 bits per heavy atom. The predicted molar refractivity (Wildman–Crippen MR) is 57.9 cm³/mol. The predicted octanol–water partition coefficient (Wildman–Crippen LogP) is 2.02. The van der Waals surface area contributed by atoms with Crippen molar-refractivity contribution in [2.75, 3.05) is 20.3 Å².